The topological polar surface area (TPSA) is 110 Å². The number of piperazine rings is 1. The third-order valence-corrected chi connectivity index (χ3v) is 5.76. The summed E-state index contributed by atoms with van der Waals surface area (Å²) in [5, 5.41) is 19.0. The fourth-order valence-electron chi connectivity index (χ4n) is 3.00. The second-order valence-corrected chi connectivity index (χ2v) is 8.19. The smallest absolute Gasteiger partial charge is 0.548 e. The molecule has 2 aliphatic rings. The summed E-state index contributed by atoms with van der Waals surface area (Å²) in [5.74, 6) is -1.88. The van der Waals surface area contributed by atoms with Gasteiger partial charge in [-0.25, -0.2) is 0 Å². The van der Waals surface area contributed by atoms with Gasteiger partial charge in [-0.2, -0.15) is 0 Å². The van der Waals surface area contributed by atoms with Gasteiger partial charge in [0.15, 0.2) is 0 Å². The Morgan fingerprint density at radius 2 is 1.76 bits per heavy atom. The van der Waals surface area contributed by atoms with Gasteiger partial charge in [0, 0.05) is 4.75 Å². The van der Waals surface area contributed by atoms with Crippen molar-refractivity contribution in [2.24, 2.45) is 0 Å². The van der Waals surface area contributed by atoms with Crippen molar-refractivity contribution in [2.45, 2.75) is 42.1 Å². The number of thioether (sulfide) groups is 1. The van der Waals surface area contributed by atoms with E-state index in [4.69, 9.17) is 0 Å². The minimum absolute atomic E-state index is 0. The van der Waals surface area contributed by atoms with Crippen LogP contribution in [0.25, 0.3) is 0 Å². The van der Waals surface area contributed by atoms with Crippen LogP contribution < -0.4 is 50.6 Å². The van der Waals surface area contributed by atoms with Crippen LogP contribution in [0.2, 0.25) is 0 Å². The van der Waals surface area contributed by atoms with Crippen LogP contribution in [0.15, 0.2) is 30.3 Å². The number of carboxylic acids is 1. The van der Waals surface area contributed by atoms with Crippen LogP contribution in [0.3, 0.4) is 0 Å². The number of carbonyl (C=O) groups is 3. The van der Waals surface area contributed by atoms with Crippen LogP contribution in [0.1, 0.15) is 25.5 Å². The molecule has 2 amide bonds. The molecule has 9 heteroatoms. The molecule has 2 heterocycles. The molecule has 1 aromatic rings. The number of amides is 2. The molecule has 4 atom stereocenters. The molecule has 0 saturated carbocycles. The molecule has 0 radical (unpaired) electrons. The summed E-state index contributed by atoms with van der Waals surface area (Å²) in [6, 6.07) is 6.47. The molecule has 3 rings (SSSR count). The predicted octanol–water partition coefficient (Wildman–Crippen LogP) is -4.09. The molecule has 0 bridgehead atoms. The van der Waals surface area contributed by atoms with Crippen molar-refractivity contribution in [3.8, 4) is 0 Å². The monoisotopic (exact) mass is 371 g/mol. The molecule has 1 aromatic carbocycles. The van der Waals surface area contributed by atoms with Crippen molar-refractivity contribution in [3.63, 3.8) is 0 Å². The van der Waals surface area contributed by atoms with E-state index < -0.39 is 34.2 Å². The van der Waals surface area contributed by atoms with Gasteiger partial charge in [-0.1, -0.05) is 30.3 Å². The van der Waals surface area contributed by atoms with Gasteiger partial charge in [0.2, 0.25) is 11.8 Å². The number of benzene rings is 1. The first-order chi connectivity index (χ1) is 11.3. The molecule has 0 spiro atoms. The summed E-state index contributed by atoms with van der Waals surface area (Å²) in [5.41, 5.74) is 0.696. The second kappa shape index (κ2) is 7.67. The molecule has 2 saturated heterocycles. The number of hydrogen-bond acceptors (Lipinski definition) is 6. The number of carboxylic acid groups (broad SMARTS) is 1. The molecule has 25 heavy (non-hydrogen) atoms. The fraction of sp³-hybridized carbons (Fsp3) is 0.438. The quantitative estimate of drug-likeness (QED) is 0.466. The second-order valence-electron chi connectivity index (χ2n) is 6.40. The van der Waals surface area contributed by atoms with Crippen LogP contribution in [0.4, 0.5) is 0 Å². The van der Waals surface area contributed by atoms with E-state index in [9.17, 15) is 19.5 Å². The molecule has 0 aromatic heterocycles. The Morgan fingerprint density at radius 3 is 2.32 bits per heavy atom. The predicted molar refractivity (Wildman–Crippen MR) is 86.6 cm³/mol. The molecule has 4 unspecified atom stereocenters. The Morgan fingerprint density at radius 1 is 1.12 bits per heavy atom. The Balaban J connectivity index is 0.00000225. The first-order valence-electron chi connectivity index (χ1n) is 7.60. The molecular formula is C16H18N3NaO4S. The maximum Gasteiger partial charge on any atom is 1.00 e. The largest absolute Gasteiger partial charge is 1.00 e. The Bertz CT molecular complexity index is 685. The van der Waals surface area contributed by atoms with E-state index in [0.29, 0.717) is 5.56 Å². The van der Waals surface area contributed by atoms with Gasteiger partial charge in [0.05, 0.1) is 17.4 Å². The number of aliphatic carboxylic acids is 1. The number of rotatable bonds is 3. The van der Waals surface area contributed by atoms with E-state index in [1.165, 1.54) is 11.8 Å². The molecule has 2 fully saturated rings. The molecular weight excluding hydrogens is 353 g/mol. The van der Waals surface area contributed by atoms with Crippen LogP contribution in [-0.4, -0.2) is 40.0 Å². The van der Waals surface area contributed by atoms with Crippen molar-refractivity contribution in [2.75, 3.05) is 0 Å². The van der Waals surface area contributed by atoms with Crippen molar-refractivity contribution in [1.82, 2.24) is 16.0 Å². The van der Waals surface area contributed by atoms with Gasteiger partial charge in [-0.05, 0) is 19.4 Å². The number of carbonyl (C=O) groups excluding carboxylic acids is 3. The standard InChI is InChI=1S/C16H19N3O4S.Na/c1-16(2)11(15(22)23)19-14(24-16)10-13(21)17-9(12(20)18-10)8-6-4-3-5-7-8;/h3-7,9-11,14,19H,1-2H3,(H,17,21)(H,18,20)(H,22,23);/q;+1/p-1. The zero-order valence-corrected chi connectivity index (χ0v) is 17.1. The third-order valence-electron chi connectivity index (χ3n) is 4.26. The first-order valence-corrected chi connectivity index (χ1v) is 8.48. The SMILES string of the molecule is CC1(C)SC(C2NC(=O)C(c3ccccc3)NC2=O)NC1C(=O)[O-].[Na+]. The zero-order valence-electron chi connectivity index (χ0n) is 14.2. The Kier molecular flexibility index (Phi) is 6.22. The first kappa shape index (κ1) is 20.3. The maximum atomic E-state index is 12.5. The summed E-state index contributed by atoms with van der Waals surface area (Å²) in [4.78, 5) is 36.1. The van der Waals surface area contributed by atoms with Crippen LogP contribution in [0, 0.1) is 0 Å². The minimum atomic E-state index is -1.22. The van der Waals surface area contributed by atoms with Gasteiger partial charge in [-0.15, -0.1) is 11.8 Å². The van der Waals surface area contributed by atoms with Gasteiger partial charge < -0.3 is 20.5 Å². The fourth-order valence-corrected chi connectivity index (χ4v) is 4.49. The van der Waals surface area contributed by atoms with Crippen LogP contribution in [-0.2, 0) is 14.4 Å². The van der Waals surface area contributed by atoms with E-state index in [0.717, 1.165) is 0 Å². The Hall–Kier alpha value is -1.06. The van der Waals surface area contributed by atoms with Crippen molar-refractivity contribution in [3.05, 3.63) is 35.9 Å². The average Bonchev–Trinajstić information content (AvgIpc) is 2.85. The van der Waals surface area contributed by atoms with Gasteiger partial charge >= 0.3 is 29.6 Å². The summed E-state index contributed by atoms with van der Waals surface area (Å²) in [7, 11) is 0. The summed E-state index contributed by atoms with van der Waals surface area (Å²) in [6.07, 6.45) is 0. The summed E-state index contributed by atoms with van der Waals surface area (Å²) >= 11 is 1.31. The molecule has 3 N–H and O–H groups in total. The van der Waals surface area contributed by atoms with E-state index in [1.54, 1.807) is 38.1 Å². The van der Waals surface area contributed by atoms with Crippen molar-refractivity contribution >= 4 is 29.5 Å². The van der Waals surface area contributed by atoms with Crippen LogP contribution >= 0.6 is 11.8 Å². The van der Waals surface area contributed by atoms with Crippen LogP contribution in [0.5, 0.6) is 0 Å². The number of hydrogen-bond donors (Lipinski definition) is 3. The molecule has 7 nitrogen and oxygen atoms in total. The molecule has 128 valence electrons. The molecule has 0 aliphatic carbocycles. The van der Waals surface area contributed by atoms with E-state index >= 15 is 0 Å². The van der Waals surface area contributed by atoms with Gasteiger partial charge in [0.1, 0.15) is 12.1 Å². The summed E-state index contributed by atoms with van der Waals surface area (Å²) in [6.45, 7) is 3.53. The van der Waals surface area contributed by atoms with Gasteiger partial charge in [-0.3, -0.25) is 14.9 Å². The maximum absolute atomic E-state index is 12.5. The third kappa shape index (κ3) is 4.03. The molecule has 2 aliphatic heterocycles. The number of nitrogens with one attached hydrogen (secondary N) is 3. The van der Waals surface area contributed by atoms with E-state index in [2.05, 4.69) is 16.0 Å². The normalized spacial score (nSPS) is 30.8. The van der Waals surface area contributed by atoms with Crippen molar-refractivity contribution < 1.29 is 49.0 Å². The zero-order chi connectivity index (χ0) is 17.5. The summed E-state index contributed by atoms with van der Waals surface area (Å²) < 4.78 is -0.648. The van der Waals surface area contributed by atoms with E-state index in [1.807, 2.05) is 6.07 Å². The van der Waals surface area contributed by atoms with Gasteiger partial charge in [0.25, 0.3) is 0 Å². The Labute approximate surface area is 172 Å². The van der Waals surface area contributed by atoms with Crippen molar-refractivity contribution in [1.29, 1.82) is 0 Å². The minimum Gasteiger partial charge on any atom is -0.548 e. The average molecular weight is 371 g/mol. The van der Waals surface area contributed by atoms with E-state index in [-0.39, 0.29) is 41.4 Å².